The van der Waals surface area contributed by atoms with Gasteiger partial charge in [-0.2, -0.15) is 0 Å². The Morgan fingerprint density at radius 3 is 2.46 bits per heavy atom. The summed E-state index contributed by atoms with van der Waals surface area (Å²) in [6.45, 7) is 6.59. The Bertz CT molecular complexity index is 660. The fourth-order valence-electron chi connectivity index (χ4n) is 3.62. The van der Waals surface area contributed by atoms with Crippen molar-refractivity contribution >= 4 is 17.7 Å². The van der Waals surface area contributed by atoms with Crippen LogP contribution < -0.4 is 11.1 Å². The molecule has 1 aromatic carbocycles. The van der Waals surface area contributed by atoms with Crippen molar-refractivity contribution in [1.29, 1.82) is 0 Å². The maximum absolute atomic E-state index is 12.8. The van der Waals surface area contributed by atoms with E-state index >= 15 is 0 Å². The van der Waals surface area contributed by atoms with Crippen molar-refractivity contribution in [3.05, 3.63) is 35.9 Å². The number of hydrogen-bond acceptors (Lipinski definition) is 3. The van der Waals surface area contributed by atoms with Crippen molar-refractivity contribution in [2.24, 2.45) is 17.6 Å². The summed E-state index contributed by atoms with van der Waals surface area (Å²) < 4.78 is 0. The number of nitrogens with two attached hydrogens (primary N) is 1. The average molecular weight is 359 g/mol. The number of nitrogens with one attached hydrogen (secondary N) is 1. The third-order valence-electron chi connectivity index (χ3n) is 5.43. The van der Waals surface area contributed by atoms with Crippen molar-refractivity contribution in [2.75, 3.05) is 13.1 Å². The molecule has 0 saturated carbocycles. The Kier molecular flexibility index (Phi) is 6.40. The maximum atomic E-state index is 12.8. The van der Waals surface area contributed by atoms with E-state index in [1.165, 1.54) is 0 Å². The van der Waals surface area contributed by atoms with E-state index < -0.39 is 11.4 Å². The average Bonchev–Trinajstić information content (AvgIpc) is 2.65. The summed E-state index contributed by atoms with van der Waals surface area (Å²) >= 11 is 0. The van der Waals surface area contributed by atoms with Crippen molar-refractivity contribution in [3.63, 3.8) is 0 Å². The molecule has 0 spiro atoms. The van der Waals surface area contributed by atoms with Gasteiger partial charge in [0, 0.05) is 18.7 Å². The Labute approximate surface area is 155 Å². The van der Waals surface area contributed by atoms with Crippen LogP contribution in [0.2, 0.25) is 0 Å². The third kappa shape index (κ3) is 4.06. The molecule has 2 rings (SSSR count). The van der Waals surface area contributed by atoms with E-state index in [1.807, 2.05) is 39.0 Å². The Morgan fingerprint density at radius 2 is 1.92 bits per heavy atom. The molecule has 1 aromatic rings. The van der Waals surface area contributed by atoms with Gasteiger partial charge in [-0.1, -0.05) is 39.0 Å². The quantitative estimate of drug-likeness (QED) is 0.813. The normalized spacial score (nSPS) is 19.7. The van der Waals surface area contributed by atoms with E-state index in [4.69, 9.17) is 5.73 Å². The van der Waals surface area contributed by atoms with Gasteiger partial charge in [-0.25, -0.2) is 0 Å². The number of nitrogens with zero attached hydrogens (tertiary/aromatic N) is 1. The smallest absolute Gasteiger partial charge is 0.253 e. The molecular formula is C20H29N3O3. The number of benzene rings is 1. The minimum absolute atomic E-state index is 0.0661. The van der Waals surface area contributed by atoms with E-state index in [0.29, 0.717) is 31.5 Å². The molecule has 1 heterocycles. The highest BCUT2D eigenvalue weighted by Crippen LogP contribution is 2.24. The van der Waals surface area contributed by atoms with E-state index in [-0.39, 0.29) is 23.7 Å². The molecule has 0 aliphatic carbocycles. The highest BCUT2D eigenvalue weighted by Gasteiger charge is 2.41. The van der Waals surface area contributed by atoms with Gasteiger partial charge in [0.2, 0.25) is 11.8 Å². The number of carbonyl (C=O) groups is 3. The van der Waals surface area contributed by atoms with Gasteiger partial charge in [0.25, 0.3) is 5.91 Å². The zero-order chi connectivity index (χ0) is 19.3. The predicted octanol–water partition coefficient (Wildman–Crippen LogP) is 1.95. The van der Waals surface area contributed by atoms with Crippen LogP contribution in [-0.2, 0) is 9.59 Å². The monoisotopic (exact) mass is 359 g/mol. The number of likely N-dealkylation sites (tertiary alicyclic amines) is 1. The summed E-state index contributed by atoms with van der Waals surface area (Å²) in [4.78, 5) is 39.2. The zero-order valence-electron chi connectivity index (χ0n) is 15.8. The summed E-state index contributed by atoms with van der Waals surface area (Å²) in [7, 11) is 0. The van der Waals surface area contributed by atoms with Gasteiger partial charge in [-0.3, -0.25) is 14.4 Å². The second-order valence-electron chi connectivity index (χ2n) is 7.29. The zero-order valence-corrected chi connectivity index (χ0v) is 15.8. The van der Waals surface area contributed by atoms with Crippen LogP contribution in [0.4, 0.5) is 0 Å². The molecule has 3 amide bonds. The van der Waals surface area contributed by atoms with Crippen LogP contribution in [0.5, 0.6) is 0 Å². The summed E-state index contributed by atoms with van der Waals surface area (Å²) in [6, 6.07) is 9.07. The minimum Gasteiger partial charge on any atom is -0.368 e. The molecule has 6 nitrogen and oxygen atoms in total. The number of hydrogen-bond donors (Lipinski definition) is 2. The lowest BCUT2D eigenvalue weighted by Crippen LogP contribution is -2.62. The van der Waals surface area contributed by atoms with Gasteiger partial charge >= 0.3 is 0 Å². The van der Waals surface area contributed by atoms with Gasteiger partial charge in [-0.15, -0.1) is 0 Å². The van der Waals surface area contributed by atoms with E-state index in [2.05, 4.69) is 5.32 Å². The van der Waals surface area contributed by atoms with Crippen molar-refractivity contribution < 1.29 is 14.4 Å². The molecule has 142 valence electrons. The molecule has 6 heteroatoms. The Hall–Kier alpha value is -2.37. The molecule has 3 N–H and O–H groups in total. The second-order valence-corrected chi connectivity index (χ2v) is 7.29. The standard InChI is InChI=1S/C20H29N3O3/c1-4-20(14(2)3,19(21)26)22-17(24)16-11-8-12-23(13-16)18(25)15-9-6-5-7-10-15/h5-7,9-10,14,16H,4,8,11-13H2,1-3H3,(H2,21,26)(H,22,24). The molecule has 1 saturated heterocycles. The molecule has 1 aliphatic heterocycles. The molecule has 1 aliphatic rings. The second kappa shape index (κ2) is 8.34. The molecule has 2 unspecified atom stereocenters. The lowest BCUT2D eigenvalue weighted by atomic mass is 9.82. The van der Waals surface area contributed by atoms with Crippen LogP contribution in [0.3, 0.4) is 0 Å². The number of amides is 3. The van der Waals surface area contributed by atoms with Gasteiger partial charge in [0.1, 0.15) is 5.54 Å². The van der Waals surface area contributed by atoms with Crippen LogP contribution in [0, 0.1) is 11.8 Å². The molecule has 0 aromatic heterocycles. The summed E-state index contributed by atoms with van der Waals surface area (Å²) in [5, 5.41) is 2.90. The fourth-order valence-corrected chi connectivity index (χ4v) is 3.62. The van der Waals surface area contributed by atoms with Crippen LogP contribution in [0.15, 0.2) is 30.3 Å². The van der Waals surface area contributed by atoms with Gasteiger partial charge in [0.15, 0.2) is 0 Å². The first kappa shape index (κ1) is 19.9. The molecular weight excluding hydrogens is 330 g/mol. The third-order valence-corrected chi connectivity index (χ3v) is 5.43. The molecule has 0 bridgehead atoms. The molecule has 1 fully saturated rings. The first-order valence-corrected chi connectivity index (χ1v) is 9.28. The number of carbonyl (C=O) groups excluding carboxylic acids is 3. The fraction of sp³-hybridized carbons (Fsp3) is 0.550. The van der Waals surface area contributed by atoms with Crippen molar-refractivity contribution in [2.45, 2.75) is 45.6 Å². The largest absolute Gasteiger partial charge is 0.368 e. The SMILES string of the molecule is CCC(NC(=O)C1CCCN(C(=O)c2ccccc2)C1)(C(N)=O)C(C)C. The Balaban J connectivity index is 2.10. The first-order chi connectivity index (χ1) is 12.3. The molecule has 2 atom stereocenters. The van der Waals surface area contributed by atoms with Crippen molar-refractivity contribution in [1.82, 2.24) is 10.2 Å². The lowest BCUT2D eigenvalue weighted by molar-refractivity contribution is -0.136. The predicted molar refractivity (Wildman–Crippen MR) is 100 cm³/mol. The van der Waals surface area contributed by atoms with Crippen LogP contribution >= 0.6 is 0 Å². The summed E-state index contributed by atoms with van der Waals surface area (Å²) in [5.41, 5.74) is 5.16. The first-order valence-electron chi connectivity index (χ1n) is 9.28. The minimum atomic E-state index is -1.05. The van der Waals surface area contributed by atoms with Gasteiger partial charge in [-0.05, 0) is 37.3 Å². The van der Waals surface area contributed by atoms with E-state index in [0.717, 1.165) is 6.42 Å². The van der Waals surface area contributed by atoms with Crippen molar-refractivity contribution in [3.8, 4) is 0 Å². The van der Waals surface area contributed by atoms with Gasteiger partial charge in [0.05, 0.1) is 5.92 Å². The Morgan fingerprint density at radius 1 is 1.27 bits per heavy atom. The van der Waals surface area contributed by atoms with Crippen LogP contribution in [0.1, 0.15) is 50.4 Å². The topological polar surface area (TPSA) is 92.5 Å². The number of rotatable bonds is 6. The number of piperidine rings is 1. The lowest BCUT2D eigenvalue weighted by Gasteiger charge is -2.38. The van der Waals surface area contributed by atoms with Crippen LogP contribution in [-0.4, -0.2) is 41.2 Å². The summed E-state index contributed by atoms with van der Waals surface area (Å²) in [5.74, 6) is -1.23. The number of primary amides is 1. The maximum Gasteiger partial charge on any atom is 0.253 e. The van der Waals surface area contributed by atoms with E-state index in [1.54, 1.807) is 17.0 Å². The van der Waals surface area contributed by atoms with E-state index in [9.17, 15) is 14.4 Å². The van der Waals surface area contributed by atoms with Crippen LogP contribution in [0.25, 0.3) is 0 Å². The van der Waals surface area contributed by atoms with Gasteiger partial charge < -0.3 is 16.0 Å². The molecule has 26 heavy (non-hydrogen) atoms. The summed E-state index contributed by atoms with van der Waals surface area (Å²) in [6.07, 6.45) is 1.89. The highest BCUT2D eigenvalue weighted by atomic mass is 16.2. The highest BCUT2D eigenvalue weighted by molar-refractivity contribution is 5.95. The molecule has 0 radical (unpaired) electrons.